The summed E-state index contributed by atoms with van der Waals surface area (Å²) in [7, 11) is 0. The maximum atomic E-state index is 13.2. The molecule has 0 saturated heterocycles. The Kier molecular flexibility index (Phi) is 3.78. The van der Waals surface area contributed by atoms with Crippen molar-refractivity contribution in [3.05, 3.63) is 62.9 Å². The van der Waals surface area contributed by atoms with Gasteiger partial charge in [0.05, 0.1) is 15.7 Å². The van der Waals surface area contributed by atoms with E-state index in [1.807, 2.05) is 0 Å². The molecule has 2 nitrogen and oxygen atoms in total. The van der Waals surface area contributed by atoms with Gasteiger partial charge in [-0.2, -0.15) is 0 Å². The van der Waals surface area contributed by atoms with Crippen molar-refractivity contribution in [2.75, 3.05) is 5.73 Å². The zero-order valence-corrected chi connectivity index (χ0v) is 11.5. The van der Waals surface area contributed by atoms with Crippen LogP contribution in [0.4, 0.5) is 10.1 Å². The molecule has 0 aliphatic heterocycles. The molecule has 0 unspecified atom stereocenters. The minimum Gasteiger partial charge on any atom is -0.396 e. The van der Waals surface area contributed by atoms with Gasteiger partial charge < -0.3 is 5.73 Å². The normalized spacial score (nSPS) is 10.5. The van der Waals surface area contributed by atoms with Gasteiger partial charge in [0.2, 0.25) is 0 Å². The zero-order chi connectivity index (χ0) is 14.2. The van der Waals surface area contributed by atoms with Gasteiger partial charge in [-0.05, 0) is 42.8 Å². The Morgan fingerprint density at radius 3 is 2.21 bits per heavy atom. The lowest BCUT2D eigenvalue weighted by Crippen LogP contribution is -2.03. The lowest BCUT2D eigenvalue weighted by Gasteiger charge is -2.07. The number of ketones is 1. The summed E-state index contributed by atoms with van der Waals surface area (Å²) in [6, 6.07) is 7.05. The number of hydrogen-bond acceptors (Lipinski definition) is 2. The standard InChI is InChI=1S/C14H10Cl2FNO/c1-7-4-8(2-3-12(7)17)14(19)9-5-10(15)13(18)11(16)6-9/h2-6H,18H2,1H3. The number of carbonyl (C=O) groups is 1. The molecule has 0 heterocycles. The molecule has 0 bridgehead atoms. The topological polar surface area (TPSA) is 43.1 Å². The van der Waals surface area contributed by atoms with Crippen LogP contribution in [-0.4, -0.2) is 5.78 Å². The van der Waals surface area contributed by atoms with Crippen molar-refractivity contribution in [3.63, 3.8) is 0 Å². The summed E-state index contributed by atoms with van der Waals surface area (Å²) in [4.78, 5) is 12.2. The van der Waals surface area contributed by atoms with Gasteiger partial charge in [0.15, 0.2) is 5.78 Å². The molecule has 98 valence electrons. The quantitative estimate of drug-likeness (QED) is 0.665. The lowest BCUT2D eigenvalue weighted by atomic mass is 10.0. The number of hydrogen-bond donors (Lipinski definition) is 1. The predicted octanol–water partition coefficient (Wildman–Crippen LogP) is 4.25. The number of benzene rings is 2. The Balaban J connectivity index is 2.47. The smallest absolute Gasteiger partial charge is 0.193 e. The Labute approximate surface area is 119 Å². The average Bonchev–Trinajstić information content (AvgIpc) is 2.37. The summed E-state index contributed by atoms with van der Waals surface area (Å²) in [5, 5.41) is 0.435. The molecule has 0 spiro atoms. The van der Waals surface area contributed by atoms with E-state index in [-0.39, 0.29) is 27.3 Å². The summed E-state index contributed by atoms with van der Waals surface area (Å²) in [5.41, 5.74) is 6.93. The van der Waals surface area contributed by atoms with Crippen LogP contribution in [0, 0.1) is 12.7 Å². The molecule has 0 fully saturated rings. The van der Waals surface area contributed by atoms with Crippen molar-refractivity contribution >= 4 is 34.7 Å². The van der Waals surface area contributed by atoms with Crippen LogP contribution in [0.25, 0.3) is 0 Å². The molecular weight excluding hydrogens is 288 g/mol. The lowest BCUT2D eigenvalue weighted by molar-refractivity contribution is 0.103. The molecule has 0 aliphatic rings. The average molecular weight is 298 g/mol. The number of halogens is 3. The molecule has 2 aromatic rings. The van der Waals surface area contributed by atoms with Gasteiger partial charge in [-0.25, -0.2) is 4.39 Å². The summed E-state index contributed by atoms with van der Waals surface area (Å²) >= 11 is 11.8. The third-order valence-corrected chi connectivity index (χ3v) is 3.39. The molecule has 2 rings (SSSR count). The third kappa shape index (κ3) is 2.72. The van der Waals surface area contributed by atoms with Crippen LogP contribution < -0.4 is 5.73 Å². The van der Waals surface area contributed by atoms with Crippen LogP contribution in [0.2, 0.25) is 10.0 Å². The van der Waals surface area contributed by atoms with E-state index in [9.17, 15) is 9.18 Å². The van der Waals surface area contributed by atoms with Gasteiger partial charge in [0.1, 0.15) is 5.82 Å². The van der Waals surface area contributed by atoms with Crippen LogP contribution in [0.1, 0.15) is 21.5 Å². The molecule has 0 aliphatic carbocycles. The molecule has 19 heavy (non-hydrogen) atoms. The van der Waals surface area contributed by atoms with E-state index < -0.39 is 0 Å². The third-order valence-electron chi connectivity index (χ3n) is 2.76. The molecule has 0 aromatic heterocycles. The van der Waals surface area contributed by atoms with E-state index in [1.165, 1.54) is 30.3 Å². The fraction of sp³-hybridized carbons (Fsp3) is 0.0714. The Hall–Kier alpha value is -1.58. The van der Waals surface area contributed by atoms with Gasteiger partial charge in [-0.1, -0.05) is 23.2 Å². The van der Waals surface area contributed by atoms with Gasteiger partial charge >= 0.3 is 0 Å². The van der Waals surface area contributed by atoms with Crippen molar-refractivity contribution in [3.8, 4) is 0 Å². The summed E-state index contributed by atoms with van der Waals surface area (Å²) in [6.07, 6.45) is 0. The highest BCUT2D eigenvalue weighted by molar-refractivity contribution is 6.39. The molecule has 0 saturated carbocycles. The van der Waals surface area contributed by atoms with Crippen molar-refractivity contribution in [2.45, 2.75) is 6.92 Å². The number of carbonyl (C=O) groups excluding carboxylic acids is 1. The Morgan fingerprint density at radius 1 is 1.11 bits per heavy atom. The summed E-state index contributed by atoms with van der Waals surface area (Å²) < 4.78 is 13.2. The number of rotatable bonds is 2. The summed E-state index contributed by atoms with van der Waals surface area (Å²) in [5.74, 6) is -0.642. The fourth-order valence-electron chi connectivity index (χ4n) is 1.67. The monoisotopic (exact) mass is 297 g/mol. The van der Waals surface area contributed by atoms with E-state index in [2.05, 4.69) is 0 Å². The van der Waals surface area contributed by atoms with E-state index in [0.29, 0.717) is 16.7 Å². The molecule has 0 atom stereocenters. The van der Waals surface area contributed by atoms with E-state index in [1.54, 1.807) is 6.92 Å². The molecule has 2 aromatic carbocycles. The Morgan fingerprint density at radius 2 is 1.68 bits per heavy atom. The fourth-order valence-corrected chi connectivity index (χ4v) is 2.16. The zero-order valence-electron chi connectivity index (χ0n) is 10.0. The minimum atomic E-state index is -0.357. The first-order chi connectivity index (χ1) is 8.90. The van der Waals surface area contributed by atoms with Crippen molar-refractivity contribution < 1.29 is 9.18 Å². The first-order valence-electron chi connectivity index (χ1n) is 5.45. The highest BCUT2D eigenvalue weighted by Crippen LogP contribution is 2.29. The number of nitrogens with two attached hydrogens (primary N) is 1. The van der Waals surface area contributed by atoms with Gasteiger partial charge in [0.25, 0.3) is 0 Å². The molecule has 0 amide bonds. The van der Waals surface area contributed by atoms with E-state index in [4.69, 9.17) is 28.9 Å². The van der Waals surface area contributed by atoms with Crippen LogP contribution in [-0.2, 0) is 0 Å². The first kappa shape index (κ1) is 13.8. The van der Waals surface area contributed by atoms with E-state index >= 15 is 0 Å². The van der Waals surface area contributed by atoms with Crippen LogP contribution in [0.3, 0.4) is 0 Å². The predicted molar refractivity (Wildman–Crippen MR) is 75.4 cm³/mol. The molecule has 5 heteroatoms. The Bertz CT molecular complexity index is 647. The molecular formula is C14H10Cl2FNO. The second-order valence-electron chi connectivity index (χ2n) is 4.15. The second-order valence-corrected chi connectivity index (χ2v) is 4.96. The first-order valence-corrected chi connectivity index (χ1v) is 6.21. The summed E-state index contributed by atoms with van der Waals surface area (Å²) in [6.45, 7) is 1.59. The maximum Gasteiger partial charge on any atom is 0.193 e. The van der Waals surface area contributed by atoms with Crippen molar-refractivity contribution in [1.82, 2.24) is 0 Å². The molecule has 2 N–H and O–H groups in total. The number of anilines is 1. The minimum absolute atomic E-state index is 0.217. The van der Waals surface area contributed by atoms with E-state index in [0.717, 1.165) is 0 Å². The van der Waals surface area contributed by atoms with Gasteiger partial charge in [0, 0.05) is 11.1 Å². The number of aryl methyl sites for hydroxylation is 1. The largest absolute Gasteiger partial charge is 0.396 e. The van der Waals surface area contributed by atoms with Gasteiger partial charge in [-0.15, -0.1) is 0 Å². The molecule has 0 radical (unpaired) electrons. The van der Waals surface area contributed by atoms with Crippen LogP contribution in [0.5, 0.6) is 0 Å². The van der Waals surface area contributed by atoms with Crippen molar-refractivity contribution in [1.29, 1.82) is 0 Å². The second kappa shape index (κ2) is 5.19. The van der Waals surface area contributed by atoms with Crippen LogP contribution >= 0.6 is 23.2 Å². The number of nitrogen functional groups attached to an aromatic ring is 1. The van der Waals surface area contributed by atoms with Gasteiger partial charge in [-0.3, -0.25) is 4.79 Å². The maximum absolute atomic E-state index is 13.2. The van der Waals surface area contributed by atoms with Crippen molar-refractivity contribution in [2.24, 2.45) is 0 Å². The van der Waals surface area contributed by atoms with Crippen LogP contribution in [0.15, 0.2) is 30.3 Å². The highest BCUT2D eigenvalue weighted by atomic mass is 35.5. The SMILES string of the molecule is Cc1cc(C(=O)c2cc(Cl)c(N)c(Cl)c2)ccc1F. The highest BCUT2D eigenvalue weighted by Gasteiger charge is 2.14.